The highest BCUT2D eigenvalue weighted by Gasteiger charge is 2.20. The zero-order valence-electron chi connectivity index (χ0n) is 13.3. The predicted molar refractivity (Wildman–Crippen MR) is 89.3 cm³/mol. The maximum absolute atomic E-state index is 12.3. The van der Waals surface area contributed by atoms with Crippen molar-refractivity contribution in [1.29, 1.82) is 0 Å². The Hall–Kier alpha value is -1.55. The molecule has 1 heterocycles. The van der Waals surface area contributed by atoms with Crippen LogP contribution in [0.15, 0.2) is 18.2 Å². The molecule has 1 saturated heterocycles. The van der Waals surface area contributed by atoms with Gasteiger partial charge in [-0.05, 0) is 43.9 Å². The Morgan fingerprint density at radius 1 is 1.23 bits per heavy atom. The number of benzene rings is 1. The van der Waals surface area contributed by atoms with E-state index in [1.807, 2.05) is 17.9 Å². The zero-order chi connectivity index (χ0) is 16.1. The van der Waals surface area contributed by atoms with Gasteiger partial charge in [0.1, 0.15) is 0 Å². The molecule has 0 unspecified atom stereocenters. The largest absolute Gasteiger partial charge is 0.343 e. The molecule has 5 heteroatoms. The van der Waals surface area contributed by atoms with E-state index in [0.29, 0.717) is 18.0 Å². The fraction of sp³-hybridized carbons (Fsp3) is 0.529. The molecule has 0 N–H and O–H groups in total. The van der Waals surface area contributed by atoms with E-state index in [0.717, 1.165) is 37.2 Å². The lowest BCUT2D eigenvalue weighted by molar-refractivity contribution is -0.131. The van der Waals surface area contributed by atoms with Crippen molar-refractivity contribution in [1.82, 2.24) is 4.90 Å². The van der Waals surface area contributed by atoms with Crippen LogP contribution in [-0.4, -0.2) is 36.3 Å². The fourth-order valence-corrected chi connectivity index (χ4v) is 3.00. The van der Waals surface area contributed by atoms with Crippen molar-refractivity contribution in [2.45, 2.75) is 39.5 Å². The summed E-state index contributed by atoms with van der Waals surface area (Å²) in [7, 11) is 0. The van der Waals surface area contributed by atoms with Crippen molar-refractivity contribution in [3.8, 4) is 0 Å². The number of aryl methyl sites for hydroxylation is 1. The monoisotopic (exact) mass is 322 g/mol. The van der Waals surface area contributed by atoms with Crippen LogP contribution in [0.4, 0.5) is 5.69 Å². The van der Waals surface area contributed by atoms with Crippen molar-refractivity contribution in [2.75, 3.05) is 24.5 Å². The van der Waals surface area contributed by atoms with Gasteiger partial charge in [0, 0.05) is 43.7 Å². The summed E-state index contributed by atoms with van der Waals surface area (Å²) in [5.74, 6) is 0.0578. The molecule has 0 spiro atoms. The topological polar surface area (TPSA) is 40.6 Å². The number of rotatable bonds is 4. The quantitative estimate of drug-likeness (QED) is 0.852. The van der Waals surface area contributed by atoms with E-state index >= 15 is 0 Å². The van der Waals surface area contributed by atoms with Gasteiger partial charge < -0.3 is 9.80 Å². The minimum atomic E-state index is -0.0724. The normalized spacial score (nSPS) is 14.8. The third kappa shape index (κ3) is 4.23. The summed E-state index contributed by atoms with van der Waals surface area (Å²) in [6, 6.07) is 5.47. The van der Waals surface area contributed by atoms with E-state index in [2.05, 4.69) is 0 Å². The van der Waals surface area contributed by atoms with Crippen molar-refractivity contribution in [2.24, 2.45) is 0 Å². The first-order chi connectivity index (χ1) is 10.5. The van der Waals surface area contributed by atoms with Crippen molar-refractivity contribution in [3.63, 3.8) is 0 Å². The molecule has 4 nitrogen and oxygen atoms in total. The summed E-state index contributed by atoms with van der Waals surface area (Å²) in [4.78, 5) is 27.8. The number of hydrogen-bond acceptors (Lipinski definition) is 2. The number of carbonyl (C=O) groups excluding carboxylic acids is 2. The Labute approximate surface area is 137 Å². The summed E-state index contributed by atoms with van der Waals surface area (Å²) in [5, 5.41) is 0.592. The summed E-state index contributed by atoms with van der Waals surface area (Å²) in [5.41, 5.74) is 1.76. The second-order valence-corrected chi connectivity index (χ2v) is 6.23. The van der Waals surface area contributed by atoms with Gasteiger partial charge in [-0.1, -0.05) is 17.7 Å². The predicted octanol–water partition coefficient (Wildman–Crippen LogP) is 3.40. The van der Waals surface area contributed by atoms with Gasteiger partial charge in [0.05, 0.1) is 0 Å². The first-order valence-corrected chi connectivity index (χ1v) is 8.19. The molecule has 22 heavy (non-hydrogen) atoms. The molecule has 1 fully saturated rings. The summed E-state index contributed by atoms with van der Waals surface area (Å²) in [6.45, 7) is 5.54. The van der Waals surface area contributed by atoms with Crippen LogP contribution in [0.3, 0.4) is 0 Å². The van der Waals surface area contributed by atoms with Crippen LogP contribution in [0.1, 0.15) is 38.2 Å². The highest BCUT2D eigenvalue weighted by Crippen LogP contribution is 2.25. The zero-order valence-corrected chi connectivity index (χ0v) is 14.0. The second-order valence-electron chi connectivity index (χ2n) is 5.79. The van der Waals surface area contributed by atoms with Gasteiger partial charge >= 0.3 is 0 Å². The number of hydrogen-bond donors (Lipinski definition) is 0. The third-order valence-corrected chi connectivity index (χ3v) is 4.34. The Balaban J connectivity index is 2.04. The third-order valence-electron chi connectivity index (χ3n) is 4.10. The average molecular weight is 323 g/mol. The molecule has 1 aliphatic rings. The molecule has 0 bridgehead atoms. The first kappa shape index (κ1) is 16.8. The lowest BCUT2D eigenvalue weighted by atomic mass is 10.1. The lowest BCUT2D eigenvalue weighted by Gasteiger charge is -2.28. The van der Waals surface area contributed by atoms with Gasteiger partial charge in [0.2, 0.25) is 11.8 Å². The van der Waals surface area contributed by atoms with Crippen LogP contribution in [0, 0.1) is 6.92 Å². The van der Waals surface area contributed by atoms with Crippen molar-refractivity contribution >= 4 is 29.1 Å². The fourth-order valence-electron chi connectivity index (χ4n) is 2.83. The van der Waals surface area contributed by atoms with E-state index in [4.69, 9.17) is 11.6 Å². The van der Waals surface area contributed by atoms with Crippen LogP contribution in [0.2, 0.25) is 5.02 Å². The molecule has 2 rings (SSSR count). The van der Waals surface area contributed by atoms with E-state index in [-0.39, 0.29) is 11.8 Å². The number of likely N-dealkylation sites (tertiary alicyclic amines) is 1. The number of anilines is 1. The maximum atomic E-state index is 12.3. The number of carbonyl (C=O) groups is 2. The molecule has 1 aromatic rings. The van der Waals surface area contributed by atoms with E-state index in [1.165, 1.54) is 13.3 Å². The molecule has 0 aromatic heterocycles. The van der Waals surface area contributed by atoms with Crippen LogP contribution in [-0.2, 0) is 9.59 Å². The summed E-state index contributed by atoms with van der Waals surface area (Å²) in [6.07, 6.45) is 3.71. The van der Waals surface area contributed by atoms with Gasteiger partial charge in [0.25, 0.3) is 0 Å². The highest BCUT2D eigenvalue weighted by molar-refractivity contribution is 6.31. The van der Waals surface area contributed by atoms with Gasteiger partial charge in [-0.3, -0.25) is 9.59 Å². The Morgan fingerprint density at radius 2 is 1.91 bits per heavy atom. The maximum Gasteiger partial charge on any atom is 0.224 e. The number of halogens is 1. The van der Waals surface area contributed by atoms with E-state index < -0.39 is 0 Å². The van der Waals surface area contributed by atoms with E-state index in [9.17, 15) is 9.59 Å². The Bertz CT molecular complexity index is 554. The molecular weight excluding hydrogens is 300 g/mol. The molecule has 1 aliphatic heterocycles. The number of nitrogens with zero attached hydrogens (tertiary/aromatic N) is 2. The molecule has 0 atom stereocenters. The minimum Gasteiger partial charge on any atom is -0.343 e. The van der Waals surface area contributed by atoms with Gasteiger partial charge in [-0.2, -0.15) is 0 Å². The Morgan fingerprint density at radius 3 is 2.55 bits per heavy atom. The SMILES string of the molecule is CC(=O)N(CCC(=O)N1CCCCC1)c1cc(Cl)ccc1C. The summed E-state index contributed by atoms with van der Waals surface area (Å²) < 4.78 is 0. The molecule has 0 saturated carbocycles. The molecule has 0 radical (unpaired) electrons. The minimum absolute atomic E-state index is 0.0724. The Kier molecular flexibility index (Phi) is 5.83. The average Bonchev–Trinajstić information content (AvgIpc) is 2.51. The van der Waals surface area contributed by atoms with Crippen LogP contribution in [0.25, 0.3) is 0 Å². The standard InChI is InChI=1S/C17H23ClN2O2/c1-13-6-7-15(18)12-16(13)20(14(2)21)11-8-17(22)19-9-4-3-5-10-19/h6-7,12H,3-5,8-11H2,1-2H3. The number of amides is 2. The second kappa shape index (κ2) is 7.63. The van der Waals surface area contributed by atoms with Crippen LogP contribution >= 0.6 is 11.6 Å². The van der Waals surface area contributed by atoms with E-state index in [1.54, 1.807) is 17.0 Å². The highest BCUT2D eigenvalue weighted by atomic mass is 35.5. The number of piperidine rings is 1. The molecule has 0 aliphatic carbocycles. The molecule has 120 valence electrons. The van der Waals surface area contributed by atoms with Gasteiger partial charge in [-0.25, -0.2) is 0 Å². The van der Waals surface area contributed by atoms with Gasteiger partial charge in [0.15, 0.2) is 0 Å². The van der Waals surface area contributed by atoms with Crippen molar-refractivity contribution in [3.05, 3.63) is 28.8 Å². The smallest absolute Gasteiger partial charge is 0.224 e. The molecule has 1 aromatic carbocycles. The van der Waals surface area contributed by atoms with Gasteiger partial charge in [-0.15, -0.1) is 0 Å². The first-order valence-electron chi connectivity index (χ1n) is 7.81. The van der Waals surface area contributed by atoms with Crippen LogP contribution in [0.5, 0.6) is 0 Å². The molecular formula is C17H23ClN2O2. The lowest BCUT2D eigenvalue weighted by Crippen LogP contribution is -2.39. The van der Waals surface area contributed by atoms with Crippen LogP contribution < -0.4 is 4.90 Å². The van der Waals surface area contributed by atoms with Crippen molar-refractivity contribution < 1.29 is 9.59 Å². The summed E-state index contributed by atoms with van der Waals surface area (Å²) >= 11 is 6.04. The molecule has 2 amide bonds.